The molecule has 1 aromatic rings. The molecule has 3 heterocycles. The van der Waals surface area contributed by atoms with Crippen LogP contribution in [-0.2, 0) is 9.53 Å². The second kappa shape index (κ2) is 5.22. The van der Waals surface area contributed by atoms with E-state index in [1.54, 1.807) is 0 Å². The molecule has 3 aliphatic heterocycles. The lowest BCUT2D eigenvalue weighted by Gasteiger charge is -2.20. The normalized spacial score (nSPS) is 27.3. The summed E-state index contributed by atoms with van der Waals surface area (Å²) in [6.07, 6.45) is 1.88. The van der Waals surface area contributed by atoms with E-state index in [2.05, 4.69) is 12.1 Å². The fraction of sp³-hybridized carbons (Fsp3) is 0.562. The number of benzene rings is 1. The number of nitrogens with zero attached hydrogens (tertiary/aromatic N) is 1. The second-order valence-electron chi connectivity index (χ2n) is 5.94. The molecule has 0 aliphatic carbocycles. The van der Waals surface area contributed by atoms with Crippen LogP contribution >= 0.6 is 0 Å². The number of likely N-dealkylation sites (tertiary alicyclic amines) is 1. The third-order valence-electron chi connectivity index (χ3n) is 4.65. The van der Waals surface area contributed by atoms with E-state index in [4.69, 9.17) is 14.2 Å². The topological polar surface area (TPSA) is 48.0 Å². The fourth-order valence-corrected chi connectivity index (χ4v) is 3.39. The number of carbonyl (C=O) groups excluding carboxylic acids is 1. The van der Waals surface area contributed by atoms with Crippen LogP contribution in [-0.4, -0.2) is 43.9 Å². The third-order valence-corrected chi connectivity index (χ3v) is 4.65. The summed E-state index contributed by atoms with van der Waals surface area (Å²) in [5, 5.41) is 0. The monoisotopic (exact) mass is 289 g/mol. The highest BCUT2D eigenvalue weighted by Gasteiger charge is 2.33. The van der Waals surface area contributed by atoms with Crippen molar-refractivity contribution in [1.29, 1.82) is 0 Å². The molecule has 2 saturated heterocycles. The molecular weight excluding hydrogens is 270 g/mol. The van der Waals surface area contributed by atoms with Crippen LogP contribution in [0, 0.1) is 5.92 Å². The van der Waals surface area contributed by atoms with Crippen molar-refractivity contribution in [3.05, 3.63) is 23.8 Å². The highest BCUT2D eigenvalue weighted by Crippen LogP contribution is 2.37. The van der Waals surface area contributed by atoms with Crippen LogP contribution in [0.2, 0.25) is 0 Å². The molecule has 0 N–H and O–H groups in total. The summed E-state index contributed by atoms with van der Waals surface area (Å²) in [4.78, 5) is 14.4. The molecule has 0 spiro atoms. The van der Waals surface area contributed by atoms with Gasteiger partial charge in [-0.05, 0) is 30.5 Å². The van der Waals surface area contributed by atoms with Gasteiger partial charge in [0, 0.05) is 25.6 Å². The zero-order valence-electron chi connectivity index (χ0n) is 11.9. The molecule has 0 saturated carbocycles. The number of ether oxygens (including phenoxy) is 3. The fourth-order valence-electron chi connectivity index (χ4n) is 3.39. The van der Waals surface area contributed by atoms with Gasteiger partial charge in [0.05, 0.1) is 12.5 Å². The summed E-state index contributed by atoms with van der Waals surface area (Å²) < 4.78 is 16.1. The molecular formula is C16H19NO4. The van der Waals surface area contributed by atoms with E-state index in [-0.39, 0.29) is 11.8 Å². The van der Waals surface area contributed by atoms with Gasteiger partial charge in [-0.3, -0.25) is 4.79 Å². The Morgan fingerprint density at radius 2 is 2.10 bits per heavy atom. The van der Waals surface area contributed by atoms with Gasteiger partial charge in [0.1, 0.15) is 0 Å². The molecule has 4 rings (SSSR count). The van der Waals surface area contributed by atoms with Gasteiger partial charge in [0.2, 0.25) is 12.7 Å². The van der Waals surface area contributed by atoms with Crippen molar-refractivity contribution >= 4 is 5.91 Å². The Balaban J connectivity index is 1.45. The summed E-state index contributed by atoms with van der Waals surface area (Å²) in [6, 6.07) is 6.11. The van der Waals surface area contributed by atoms with E-state index in [1.807, 2.05) is 11.0 Å². The average Bonchev–Trinajstić information content (AvgIpc) is 3.25. The van der Waals surface area contributed by atoms with Gasteiger partial charge in [0.15, 0.2) is 11.5 Å². The van der Waals surface area contributed by atoms with Crippen molar-refractivity contribution in [1.82, 2.24) is 4.90 Å². The number of hydrogen-bond acceptors (Lipinski definition) is 4. The molecule has 1 aromatic carbocycles. The lowest BCUT2D eigenvalue weighted by Crippen LogP contribution is -2.34. The van der Waals surface area contributed by atoms with E-state index in [0.717, 1.165) is 44.0 Å². The van der Waals surface area contributed by atoms with Gasteiger partial charge >= 0.3 is 0 Å². The summed E-state index contributed by atoms with van der Waals surface area (Å²) >= 11 is 0. The number of rotatable bonds is 2. The summed E-state index contributed by atoms with van der Waals surface area (Å²) in [7, 11) is 0. The molecule has 2 atom stereocenters. The van der Waals surface area contributed by atoms with Crippen LogP contribution in [0.3, 0.4) is 0 Å². The van der Waals surface area contributed by atoms with E-state index in [9.17, 15) is 4.79 Å². The number of fused-ring (bicyclic) bond motifs is 1. The Morgan fingerprint density at radius 3 is 2.95 bits per heavy atom. The van der Waals surface area contributed by atoms with Crippen LogP contribution in [0.5, 0.6) is 11.5 Å². The van der Waals surface area contributed by atoms with Crippen LogP contribution in [0.4, 0.5) is 0 Å². The zero-order chi connectivity index (χ0) is 14.2. The van der Waals surface area contributed by atoms with E-state index in [1.165, 1.54) is 5.56 Å². The predicted octanol–water partition coefficient (Wildman–Crippen LogP) is 1.77. The highest BCUT2D eigenvalue weighted by atomic mass is 16.7. The number of amides is 1. The van der Waals surface area contributed by atoms with Crippen molar-refractivity contribution in [2.24, 2.45) is 5.92 Å². The molecule has 0 bridgehead atoms. The minimum absolute atomic E-state index is 0.0699. The van der Waals surface area contributed by atoms with Gasteiger partial charge in [0.25, 0.3) is 0 Å². The summed E-state index contributed by atoms with van der Waals surface area (Å²) in [6.45, 7) is 3.25. The summed E-state index contributed by atoms with van der Waals surface area (Å²) in [5.41, 5.74) is 1.23. The minimum Gasteiger partial charge on any atom is -0.454 e. The SMILES string of the molecule is O=C(C1CCOC1)N1CCC(c2ccc3c(c2)OCO3)C1. The molecule has 3 aliphatic rings. The Morgan fingerprint density at radius 1 is 1.19 bits per heavy atom. The average molecular weight is 289 g/mol. The van der Waals surface area contributed by atoms with Gasteiger partial charge in [-0.15, -0.1) is 0 Å². The van der Waals surface area contributed by atoms with Crippen LogP contribution < -0.4 is 9.47 Å². The van der Waals surface area contributed by atoms with E-state index < -0.39 is 0 Å². The molecule has 0 aromatic heterocycles. The quantitative estimate of drug-likeness (QED) is 0.832. The molecule has 21 heavy (non-hydrogen) atoms. The first-order chi connectivity index (χ1) is 10.3. The van der Waals surface area contributed by atoms with Crippen molar-refractivity contribution < 1.29 is 19.0 Å². The molecule has 112 valence electrons. The first-order valence-corrected chi connectivity index (χ1v) is 7.57. The molecule has 5 heteroatoms. The standard InChI is InChI=1S/C16H19NO4/c18-16(13-4-6-19-9-13)17-5-3-12(8-17)11-1-2-14-15(7-11)21-10-20-14/h1-2,7,12-13H,3-6,8-10H2. The Labute approximate surface area is 123 Å². The zero-order valence-corrected chi connectivity index (χ0v) is 11.9. The van der Waals surface area contributed by atoms with Crippen molar-refractivity contribution in [2.75, 3.05) is 33.1 Å². The smallest absolute Gasteiger partial charge is 0.231 e. The Hall–Kier alpha value is -1.75. The van der Waals surface area contributed by atoms with Gasteiger partial charge in [-0.25, -0.2) is 0 Å². The molecule has 2 unspecified atom stereocenters. The van der Waals surface area contributed by atoms with E-state index in [0.29, 0.717) is 19.3 Å². The van der Waals surface area contributed by atoms with E-state index >= 15 is 0 Å². The molecule has 5 nitrogen and oxygen atoms in total. The lowest BCUT2D eigenvalue weighted by molar-refractivity contribution is -0.134. The minimum atomic E-state index is 0.0699. The van der Waals surface area contributed by atoms with Crippen LogP contribution in [0.25, 0.3) is 0 Å². The number of carbonyl (C=O) groups is 1. The first kappa shape index (κ1) is 13.0. The summed E-state index contributed by atoms with van der Waals surface area (Å²) in [5.74, 6) is 2.36. The van der Waals surface area contributed by atoms with Gasteiger partial charge in [-0.2, -0.15) is 0 Å². The van der Waals surface area contributed by atoms with Gasteiger partial charge < -0.3 is 19.1 Å². The second-order valence-corrected chi connectivity index (χ2v) is 5.94. The largest absolute Gasteiger partial charge is 0.454 e. The first-order valence-electron chi connectivity index (χ1n) is 7.57. The maximum Gasteiger partial charge on any atom is 0.231 e. The Bertz CT molecular complexity index is 553. The van der Waals surface area contributed by atoms with Crippen LogP contribution in [0.15, 0.2) is 18.2 Å². The third kappa shape index (κ3) is 2.35. The predicted molar refractivity (Wildman–Crippen MR) is 75.4 cm³/mol. The van der Waals surface area contributed by atoms with Crippen molar-refractivity contribution in [2.45, 2.75) is 18.8 Å². The lowest BCUT2D eigenvalue weighted by atomic mass is 9.98. The van der Waals surface area contributed by atoms with Crippen molar-refractivity contribution in [3.63, 3.8) is 0 Å². The van der Waals surface area contributed by atoms with Gasteiger partial charge in [-0.1, -0.05) is 6.07 Å². The van der Waals surface area contributed by atoms with Crippen molar-refractivity contribution in [3.8, 4) is 11.5 Å². The number of hydrogen-bond donors (Lipinski definition) is 0. The molecule has 2 fully saturated rings. The van der Waals surface area contributed by atoms with Crippen LogP contribution in [0.1, 0.15) is 24.3 Å². The Kier molecular flexibility index (Phi) is 3.22. The highest BCUT2D eigenvalue weighted by molar-refractivity contribution is 5.79. The maximum atomic E-state index is 12.4. The molecule has 1 amide bonds. The molecule has 0 radical (unpaired) electrons. The maximum absolute atomic E-state index is 12.4.